The summed E-state index contributed by atoms with van der Waals surface area (Å²) in [5.41, 5.74) is 1.95. The fourth-order valence-corrected chi connectivity index (χ4v) is 2.59. The van der Waals surface area contributed by atoms with Gasteiger partial charge in [-0.2, -0.15) is 0 Å². The Labute approximate surface area is 111 Å². The van der Waals surface area contributed by atoms with E-state index in [1.54, 1.807) is 12.1 Å². The number of aryl methyl sites for hydroxylation is 1. The first kappa shape index (κ1) is 11.9. The van der Waals surface area contributed by atoms with Crippen LogP contribution in [0, 0.1) is 6.92 Å². The van der Waals surface area contributed by atoms with Gasteiger partial charge in [-0.1, -0.05) is 48.0 Å². The molecule has 0 bridgehead atoms. The van der Waals surface area contributed by atoms with E-state index in [-0.39, 0.29) is 12.3 Å². The highest BCUT2D eigenvalue weighted by atomic mass is 16.3. The maximum Gasteiger partial charge on any atom is 0.261 e. The van der Waals surface area contributed by atoms with E-state index in [4.69, 9.17) is 0 Å². The molecule has 1 amide bonds. The molecule has 1 aliphatic rings. The number of carbonyl (C=O) groups excluding carboxylic acids is 1. The van der Waals surface area contributed by atoms with Crippen LogP contribution in [0.3, 0.4) is 0 Å². The molecule has 3 heteroatoms. The highest BCUT2D eigenvalue weighted by molar-refractivity contribution is 6.05. The minimum absolute atomic E-state index is 0.289. The Balaban J connectivity index is 2.01. The topological polar surface area (TPSA) is 49.3 Å². The molecular formula is C16H15NO2. The SMILES string of the molecule is Cc1cccc(C[C@@]2(O)C(=O)Nc3ccccc32)c1. The highest BCUT2D eigenvalue weighted by Gasteiger charge is 2.44. The summed E-state index contributed by atoms with van der Waals surface area (Å²) < 4.78 is 0. The average molecular weight is 253 g/mol. The molecular weight excluding hydrogens is 238 g/mol. The summed E-state index contributed by atoms with van der Waals surface area (Å²) in [5, 5.41) is 13.5. The number of hydrogen-bond acceptors (Lipinski definition) is 2. The number of benzene rings is 2. The van der Waals surface area contributed by atoms with Gasteiger partial charge in [0, 0.05) is 17.7 Å². The zero-order valence-electron chi connectivity index (χ0n) is 10.7. The van der Waals surface area contributed by atoms with Crippen molar-refractivity contribution >= 4 is 11.6 Å². The molecule has 1 atom stereocenters. The second kappa shape index (κ2) is 4.21. The second-order valence-electron chi connectivity index (χ2n) is 5.03. The lowest BCUT2D eigenvalue weighted by Crippen LogP contribution is -2.36. The van der Waals surface area contributed by atoms with Crippen LogP contribution < -0.4 is 5.32 Å². The molecule has 1 aliphatic heterocycles. The van der Waals surface area contributed by atoms with E-state index >= 15 is 0 Å². The Hall–Kier alpha value is -2.13. The van der Waals surface area contributed by atoms with Gasteiger partial charge < -0.3 is 10.4 Å². The third-order valence-electron chi connectivity index (χ3n) is 3.54. The predicted molar refractivity (Wildman–Crippen MR) is 73.9 cm³/mol. The second-order valence-corrected chi connectivity index (χ2v) is 5.03. The van der Waals surface area contributed by atoms with E-state index in [1.165, 1.54) is 0 Å². The number of amides is 1. The van der Waals surface area contributed by atoms with Crippen LogP contribution >= 0.6 is 0 Å². The smallest absolute Gasteiger partial charge is 0.261 e. The number of anilines is 1. The van der Waals surface area contributed by atoms with Crippen molar-refractivity contribution in [3.8, 4) is 0 Å². The van der Waals surface area contributed by atoms with Crippen molar-refractivity contribution in [1.82, 2.24) is 0 Å². The van der Waals surface area contributed by atoms with E-state index in [0.29, 0.717) is 11.3 Å². The number of rotatable bonds is 2. The number of aliphatic hydroxyl groups is 1. The van der Waals surface area contributed by atoms with Gasteiger partial charge in [-0.15, -0.1) is 0 Å². The molecule has 3 rings (SSSR count). The van der Waals surface area contributed by atoms with Gasteiger partial charge in [-0.25, -0.2) is 0 Å². The standard InChI is InChI=1S/C16H15NO2/c1-11-5-4-6-12(9-11)10-16(19)13-7-2-3-8-14(13)17-15(16)18/h2-9,19H,10H2,1H3,(H,17,18)/t16-/m0/s1. The molecule has 2 N–H and O–H groups in total. The van der Waals surface area contributed by atoms with Gasteiger partial charge in [0.1, 0.15) is 0 Å². The molecule has 0 spiro atoms. The van der Waals surface area contributed by atoms with Crippen LogP contribution in [0.25, 0.3) is 0 Å². The van der Waals surface area contributed by atoms with Gasteiger partial charge >= 0.3 is 0 Å². The van der Waals surface area contributed by atoms with Gasteiger partial charge in [-0.05, 0) is 18.6 Å². The molecule has 0 saturated carbocycles. The van der Waals surface area contributed by atoms with Crippen LogP contribution in [0.1, 0.15) is 16.7 Å². The summed E-state index contributed by atoms with van der Waals surface area (Å²) in [5.74, 6) is -0.352. The van der Waals surface area contributed by atoms with E-state index in [2.05, 4.69) is 5.32 Å². The summed E-state index contributed by atoms with van der Waals surface area (Å²) in [6.07, 6.45) is 0.289. The van der Waals surface area contributed by atoms with Crippen LogP contribution in [-0.4, -0.2) is 11.0 Å². The summed E-state index contributed by atoms with van der Waals surface area (Å²) >= 11 is 0. The molecule has 1 heterocycles. The number of nitrogens with one attached hydrogen (secondary N) is 1. The Morgan fingerprint density at radius 1 is 1.16 bits per heavy atom. The van der Waals surface area contributed by atoms with E-state index in [0.717, 1.165) is 11.1 Å². The van der Waals surface area contributed by atoms with Crippen LogP contribution in [0.15, 0.2) is 48.5 Å². The number of carbonyl (C=O) groups is 1. The zero-order chi connectivity index (χ0) is 13.5. The zero-order valence-corrected chi connectivity index (χ0v) is 10.7. The molecule has 0 fully saturated rings. The lowest BCUT2D eigenvalue weighted by atomic mass is 9.88. The van der Waals surface area contributed by atoms with Gasteiger partial charge in [0.05, 0.1) is 0 Å². The third-order valence-corrected chi connectivity index (χ3v) is 3.54. The summed E-state index contributed by atoms with van der Waals surface area (Å²) in [6, 6.07) is 15.1. The van der Waals surface area contributed by atoms with Crippen molar-refractivity contribution in [2.75, 3.05) is 5.32 Å². The first-order valence-corrected chi connectivity index (χ1v) is 6.28. The van der Waals surface area contributed by atoms with Crippen molar-refractivity contribution in [3.05, 3.63) is 65.2 Å². The van der Waals surface area contributed by atoms with Crippen LogP contribution in [0.5, 0.6) is 0 Å². The van der Waals surface area contributed by atoms with Crippen LogP contribution in [0.2, 0.25) is 0 Å². The Morgan fingerprint density at radius 3 is 2.74 bits per heavy atom. The predicted octanol–water partition coefficient (Wildman–Crippen LogP) is 2.38. The van der Waals surface area contributed by atoms with Crippen molar-refractivity contribution in [2.24, 2.45) is 0 Å². The van der Waals surface area contributed by atoms with E-state index in [1.807, 2.05) is 43.3 Å². The van der Waals surface area contributed by atoms with Crippen molar-refractivity contribution < 1.29 is 9.90 Å². The third kappa shape index (κ3) is 1.92. The monoisotopic (exact) mass is 253 g/mol. The number of fused-ring (bicyclic) bond motifs is 1. The molecule has 0 saturated heterocycles. The molecule has 3 nitrogen and oxygen atoms in total. The van der Waals surface area contributed by atoms with Gasteiger partial charge in [-0.3, -0.25) is 4.79 Å². The Bertz CT molecular complexity index is 651. The minimum Gasteiger partial charge on any atom is -0.375 e. The maximum atomic E-state index is 12.1. The quantitative estimate of drug-likeness (QED) is 0.863. The van der Waals surface area contributed by atoms with Crippen molar-refractivity contribution in [1.29, 1.82) is 0 Å². The molecule has 0 aromatic heterocycles. The summed E-state index contributed by atoms with van der Waals surface area (Å²) in [7, 11) is 0. The van der Waals surface area contributed by atoms with Crippen molar-refractivity contribution in [3.63, 3.8) is 0 Å². The van der Waals surface area contributed by atoms with Crippen LogP contribution in [-0.2, 0) is 16.8 Å². The van der Waals surface area contributed by atoms with Gasteiger partial charge in [0.25, 0.3) is 5.91 Å². The molecule has 96 valence electrons. The molecule has 19 heavy (non-hydrogen) atoms. The largest absolute Gasteiger partial charge is 0.375 e. The molecule has 2 aromatic carbocycles. The lowest BCUT2D eigenvalue weighted by Gasteiger charge is -2.21. The maximum absolute atomic E-state index is 12.1. The normalized spacial score (nSPS) is 21.1. The molecule has 0 radical (unpaired) electrons. The van der Waals surface area contributed by atoms with E-state index in [9.17, 15) is 9.90 Å². The lowest BCUT2D eigenvalue weighted by molar-refractivity contribution is -0.133. The first-order valence-electron chi connectivity index (χ1n) is 6.28. The van der Waals surface area contributed by atoms with Crippen molar-refractivity contribution in [2.45, 2.75) is 18.9 Å². The fraction of sp³-hybridized carbons (Fsp3) is 0.188. The summed E-state index contributed by atoms with van der Waals surface area (Å²) in [4.78, 5) is 12.1. The molecule has 0 unspecified atom stereocenters. The first-order chi connectivity index (χ1) is 9.09. The number of para-hydroxylation sites is 1. The molecule has 0 aliphatic carbocycles. The summed E-state index contributed by atoms with van der Waals surface area (Å²) in [6.45, 7) is 2.00. The highest BCUT2D eigenvalue weighted by Crippen LogP contribution is 2.38. The fourth-order valence-electron chi connectivity index (χ4n) is 2.59. The Morgan fingerprint density at radius 2 is 1.95 bits per heavy atom. The van der Waals surface area contributed by atoms with Gasteiger partial charge in [0.2, 0.25) is 0 Å². The van der Waals surface area contributed by atoms with Crippen LogP contribution in [0.4, 0.5) is 5.69 Å². The molecule has 2 aromatic rings. The number of hydrogen-bond donors (Lipinski definition) is 2. The van der Waals surface area contributed by atoms with E-state index < -0.39 is 5.60 Å². The van der Waals surface area contributed by atoms with Gasteiger partial charge in [0.15, 0.2) is 5.60 Å². The average Bonchev–Trinajstić information content (AvgIpc) is 2.62. The Kier molecular flexibility index (Phi) is 2.64. The minimum atomic E-state index is -1.47.